The fourth-order valence-electron chi connectivity index (χ4n) is 3.10. The van der Waals surface area contributed by atoms with Gasteiger partial charge in [0.2, 0.25) is 5.91 Å². The molecule has 0 saturated carbocycles. The summed E-state index contributed by atoms with van der Waals surface area (Å²) in [6.45, 7) is 0.607. The van der Waals surface area contributed by atoms with Crippen molar-refractivity contribution >= 4 is 54.4 Å². The molecule has 25 heavy (non-hydrogen) atoms. The second-order valence-electron chi connectivity index (χ2n) is 5.91. The van der Waals surface area contributed by atoms with Gasteiger partial charge < -0.3 is 4.90 Å². The van der Waals surface area contributed by atoms with Crippen LogP contribution in [-0.4, -0.2) is 22.0 Å². The van der Waals surface area contributed by atoms with E-state index in [1.165, 1.54) is 10.9 Å². The van der Waals surface area contributed by atoms with Crippen LogP contribution in [0.25, 0.3) is 10.9 Å². The third kappa shape index (κ3) is 3.02. The minimum atomic E-state index is -0.213. The Bertz CT molecular complexity index is 1060. The first-order chi connectivity index (χ1) is 12.0. The SMILES string of the molecule is O=C(Cn1cnc2ccc(Br)cc2c1=O)N1CCc2cc(Br)ccc21. The highest BCUT2D eigenvalue weighted by molar-refractivity contribution is 9.10. The van der Waals surface area contributed by atoms with Crippen molar-refractivity contribution in [3.05, 3.63) is 67.6 Å². The van der Waals surface area contributed by atoms with Crippen molar-refractivity contribution in [1.29, 1.82) is 0 Å². The molecule has 0 N–H and O–H groups in total. The molecule has 7 heteroatoms. The average molecular weight is 463 g/mol. The molecular weight excluding hydrogens is 450 g/mol. The Labute approximate surface area is 160 Å². The quantitative estimate of drug-likeness (QED) is 0.585. The topological polar surface area (TPSA) is 55.2 Å². The van der Waals surface area contributed by atoms with E-state index in [0.29, 0.717) is 17.4 Å². The fourth-order valence-corrected chi connectivity index (χ4v) is 3.87. The Balaban J connectivity index is 1.65. The molecule has 1 aliphatic rings. The number of anilines is 1. The van der Waals surface area contributed by atoms with Gasteiger partial charge in [0.15, 0.2) is 0 Å². The van der Waals surface area contributed by atoms with Gasteiger partial charge >= 0.3 is 0 Å². The van der Waals surface area contributed by atoms with Crippen molar-refractivity contribution in [3.8, 4) is 0 Å². The molecular formula is C18H13Br2N3O2. The minimum absolute atomic E-state index is 0.0240. The molecule has 0 bridgehead atoms. The summed E-state index contributed by atoms with van der Waals surface area (Å²) in [5, 5.41) is 0.496. The van der Waals surface area contributed by atoms with E-state index >= 15 is 0 Å². The van der Waals surface area contributed by atoms with Crippen LogP contribution < -0.4 is 10.5 Å². The second kappa shape index (κ2) is 6.38. The zero-order valence-corrected chi connectivity index (χ0v) is 16.2. The van der Waals surface area contributed by atoms with Gasteiger partial charge in [0, 0.05) is 21.2 Å². The molecule has 0 aliphatic carbocycles. The number of carbonyl (C=O) groups is 1. The van der Waals surface area contributed by atoms with Gasteiger partial charge in [-0.1, -0.05) is 31.9 Å². The Kier molecular flexibility index (Phi) is 4.21. The lowest BCUT2D eigenvalue weighted by Gasteiger charge is -2.18. The first-order valence-corrected chi connectivity index (χ1v) is 9.35. The summed E-state index contributed by atoms with van der Waals surface area (Å²) in [6, 6.07) is 11.2. The highest BCUT2D eigenvalue weighted by Gasteiger charge is 2.25. The predicted octanol–water partition coefficient (Wildman–Crippen LogP) is 3.51. The fraction of sp³-hybridized carbons (Fsp3) is 0.167. The Morgan fingerprint density at radius 3 is 2.72 bits per heavy atom. The van der Waals surface area contributed by atoms with E-state index in [0.717, 1.165) is 26.6 Å². The van der Waals surface area contributed by atoms with Crippen LogP contribution in [0.3, 0.4) is 0 Å². The standard InChI is InChI=1S/C18H13Br2N3O2/c19-12-2-4-16-11(7-12)5-6-23(16)17(24)9-22-10-21-15-3-1-13(20)8-14(15)18(22)25/h1-4,7-8,10H,5-6,9H2. The van der Waals surface area contributed by atoms with E-state index in [2.05, 4.69) is 36.8 Å². The number of amides is 1. The van der Waals surface area contributed by atoms with E-state index in [4.69, 9.17) is 0 Å². The van der Waals surface area contributed by atoms with Gasteiger partial charge in [0.25, 0.3) is 5.56 Å². The Morgan fingerprint density at radius 2 is 1.88 bits per heavy atom. The predicted molar refractivity (Wildman–Crippen MR) is 104 cm³/mol. The Hall–Kier alpha value is -1.99. The molecule has 0 spiro atoms. The molecule has 3 aromatic rings. The molecule has 0 fully saturated rings. The van der Waals surface area contributed by atoms with Crippen LogP contribution in [0, 0.1) is 0 Å². The molecule has 0 radical (unpaired) electrons. The van der Waals surface area contributed by atoms with Crippen LogP contribution in [0.5, 0.6) is 0 Å². The zero-order valence-electron chi connectivity index (χ0n) is 13.1. The third-order valence-corrected chi connectivity index (χ3v) is 5.32. The molecule has 126 valence electrons. The highest BCUT2D eigenvalue weighted by Crippen LogP contribution is 2.30. The third-order valence-electron chi connectivity index (χ3n) is 4.33. The number of carbonyl (C=O) groups excluding carboxylic acids is 1. The van der Waals surface area contributed by atoms with E-state index in [1.54, 1.807) is 17.0 Å². The van der Waals surface area contributed by atoms with E-state index in [-0.39, 0.29) is 18.0 Å². The molecule has 5 nitrogen and oxygen atoms in total. The second-order valence-corrected chi connectivity index (χ2v) is 7.74. The molecule has 2 aromatic carbocycles. The van der Waals surface area contributed by atoms with Gasteiger partial charge in [0.05, 0.1) is 17.2 Å². The van der Waals surface area contributed by atoms with Crippen LogP contribution in [0.15, 0.2) is 56.5 Å². The highest BCUT2D eigenvalue weighted by atomic mass is 79.9. The van der Waals surface area contributed by atoms with E-state index < -0.39 is 0 Å². The van der Waals surface area contributed by atoms with Crippen molar-refractivity contribution in [2.45, 2.75) is 13.0 Å². The van der Waals surface area contributed by atoms with Crippen molar-refractivity contribution in [2.24, 2.45) is 0 Å². The monoisotopic (exact) mass is 461 g/mol. The summed E-state index contributed by atoms with van der Waals surface area (Å²) in [6.07, 6.45) is 2.26. The lowest BCUT2D eigenvalue weighted by Crippen LogP contribution is -2.35. The minimum Gasteiger partial charge on any atom is -0.310 e. The maximum Gasteiger partial charge on any atom is 0.261 e. The molecule has 1 aromatic heterocycles. The maximum atomic E-state index is 12.7. The lowest BCUT2D eigenvalue weighted by molar-refractivity contribution is -0.119. The Morgan fingerprint density at radius 1 is 1.12 bits per heavy atom. The molecule has 1 amide bonds. The maximum absolute atomic E-state index is 12.7. The van der Waals surface area contributed by atoms with E-state index in [1.807, 2.05) is 24.3 Å². The van der Waals surface area contributed by atoms with Crippen LogP contribution >= 0.6 is 31.9 Å². The van der Waals surface area contributed by atoms with Gasteiger partial charge in [-0.3, -0.25) is 14.2 Å². The molecule has 0 saturated heterocycles. The number of hydrogen-bond donors (Lipinski definition) is 0. The van der Waals surface area contributed by atoms with Gasteiger partial charge in [-0.2, -0.15) is 0 Å². The average Bonchev–Trinajstić information content (AvgIpc) is 3.01. The summed E-state index contributed by atoms with van der Waals surface area (Å²) < 4.78 is 3.18. The lowest BCUT2D eigenvalue weighted by atomic mass is 10.2. The number of aromatic nitrogens is 2. The van der Waals surface area contributed by atoms with Crippen LogP contribution in [0.2, 0.25) is 0 Å². The summed E-state index contributed by atoms with van der Waals surface area (Å²) in [5.74, 6) is -0.112. The van der Waals surface area contributed by atoms with Gasteiger partial charge in [-0.25, -0.2) is 4.98 Å². The van der Waals surface area contributed by atoms with Crippen molar-refractivity contribution in [3.63, 3.8) is 0 Å². The summed E-state index contributed by atoms with van der Waals surface area (Å²) in [4.78, 5) is 31.4. The van der Waals surface area contributed by atoms with Crippen molar-refractivity contribution in [1.82, 2.24) is 9.55 Å². The van der Waals surface area contributed by atoms with Gasteiger partial charge in [-0.05, 0) is 48.4 Å². The van der Waals surface area contributed by atoms with Crippen molar-refractivity contribution < 1.29 is 4.79 Å². The molecule has 2 heterocycles. The van der Waals surface area contributed by atoms with Gasteiger partial charge in [-0.15, -0.1) is 0 Å². The number of hydrogen-bond acceptors (Lipinski definition) is 3. The summed E-state index contributed by atoms with van der Waals surface area (Å²) in [7, 11) is 0. The number of rotatable bonds is 2. The summed E-state index contributed by atoms with van der Waals surface area (Å²) >= 11 is 6.82. The molecule has 4 rings (SSSR count). The van der Waals surface area contributed by atoms with Crippen LogP contribution in [-0.2, 0) is 17.8 Å². The summed E-state index contributed by atoms with van der Waals surface area (Å²) in [5.41, 5.74) is 2.46. The van der Waals surface area contributed by atoms with Crippen LogP contribution in [0.4, 0.5) is 5.69 Å². The first-order valence-electron chi connectivity index (χ1n) is 7.76. The number of fused-ring (bicyclic) bond motifs is 2. The van der Waals surface area contributed by atoms with Crippen molar-refractivity contribution in [2.75, 3.05) is 11.4 Å². The van der Waals surface area contributed by atoms with E-state index in [9.17, 15) is 9.59 Å². The normalized spacial score (nSPS) is 13.3. The molecule has 0 atom stereocenters. The number of benzene rings is 2. The van der Waals surface area contributed by atoms with Crippen LogP contribution in [0.1, 0.15) is 5.56 Å². The number of nitrogens with zero attached hydrogens (tertiary/aromatic N) is 3. The van der Waals surface area contributed by atoms with Gasteiger partial charge in [0.1, 0.15) is 6.54 Å². The smallest absolute Gasteiger partial charge is 0.261 e. The molecule has 0 unspecified atom stereocenters. The zero-order chi connectivity index (χ0) is 17.6. The first kappa shape index (κ1) is 16.5. The number of halogens is 2. The largest absolute Gasteiger partial charge is 0.310 e. The molecule has 1 aliphatic heterocycles.